The summed E-state index contributed by atoms with van der Waals surface area (Å²) in [5.41, 5.74) is 1.28. The van der Waals surface area contributed by atoms with Crippen LogP contribution >= 0.6 is 0 Å². The number of ether oxygens (including phenoxy) is 2. The van der Waals surface area contributed by atoms with Gasteiger partial charge in [0.25, 0.3) is 0 Å². The zero-order valence-electron chi connectivity index (χ0n) is 12.0. The molecule has 0 spiro atoms. The van der Waals surface area contributed by atoms with Crippen molar-refractivity contribution in [2.24, 2.45) is 0 Å². The van der Waals surface area contributed by atoms with Gasteiger partial charge in [-0.2, -0.15) is 4.98 Å². The van der Waals surface area contributed by atoms with Crippen molar-refractivity contribution in [2.75, 3.05) is 26.9 Å². The van der Waals surface area contributed by atoms with Crippen LogP contribution in [0.5, 0.6) is 0 Å². The third kappa shape index (κ3) is 4.43. The van der Waals surface area contributed by atoms with Gasteiger partial charge >= 0.3 is 11.7 Å². The topological polar surface area (TPSA) is 90.7 Å². The minimum atomic E-state index is -0.945. The minimum Gasteiger partial charge on any atom is -0.481 e. The molecule has 1 heterocycles. The number of nitrogens with zero attached hydrogens (tertiary/aromatic N) is 2. The van der Waals surface area contributed by atoms with Crippen LogP contribution in [0, 0.1) is 13.8 Å². The number of aliphatic carboxylic acids is 1. The van der Waals surface area contributed by atoms with Gasteiger partial charge in [-0.15, -0.1) is 0 Å². The van der Waals surface area contributed by atoms with Crippen LogP contribution in [-0.4, -0.2) is 47.6 Å². The Labute approximate surface area is 117 Å². The van der Waals surface area contributed by atoms with Gasteiger partial charge in [0.15, 0.2) is 0 Å². The summed E-state index contributed by atoms with van der Waals surface area (Å²) in [5.74, 6) is -0.945. The van der Waals surface area contributed by atoms with Crippen LogP contribution < -0.4 is 5.69 Å². The zero-order chi connectivity index (χ0) is 15.1. The van der Waals surface area contributed by atoms with Crippen molar-refractivity contribution < 1.29 is 19.4 Å². The maximum absolute atomic E-state index is 11.8. The highest BCUT2D eigenvalue weighted by Crippen LogP contribution is 2.10. The first-order valence-electron chi connectivity index (χ1n) is 6.32. The third-order valence-corrected chi connectivity index (χ3v) is 2.99. The lowest BCUT2D eigenvalue weighted by Crippen LogP contribution is -2.30. The van der Waals surface area contributed by atoms with Crippen LogP contribution in [0.2, 0.25) is 0 Å². The molecule has 1 aromatic heterocycles. The van der Waals surface area contributed by atoms with Crippen LogP contribution in [0.3, 0.4) is 0 Å². The highest BCUT2D eigenvalue weighted by Gasteiger charge is 2.13. The normalized spacial score (nSPS) is 10.8. The third-order valence-electron chi connectivity index (χ3n) is 2.99. The van der Waals surface area contributed by atoms with E-state index in [-0.39, 0.29) is 12.1 Å². The van der Waals surface area contributed by atoms with E-state index < -0.39 is 5.97 Å². The van der Waals surface area contributed by atoms with Crippen molar-refractivity contribution in [3.05, 3.63) is 27.4 Å². The fraction of sp³-hybridized carbons (Fsp3) is 0.615. The van der Waals surface area contributed by atoms with Crippen molar-refractivity contribution in [2.45, 2.75) is 26.8 Å². The molecule has 0 saturated heterocycles. The molecule has 7 heteroatoms. The van der Waals surface area contributed by atoms with Crippen molar-refractivity contribution >= 4 is 5.97 Å². The van der Waals surface area contributed by atoms with Gasteiger partial charge in [-0.1, -0.05) is 0 Å². The molecule has 1 aromatic rings. The number of rotatable bonds is 8. The van der Waals surface area contributed by atoms with Crippen LogP contribution in [-0.2, 0) is 27.2 Å². The Morgan fingerprint density at radius 1 is 1.30 bits per heavy atom. The van der Waals surface area contributed by atoms with Crippen LogP contribution in [0.15, 0.2) is 4.79 Å². The minimum absolute atomic E-state index is 0.143. The standard InChI is InChI=1S/C13H20N2O5/c1-9-11(8-12(16)17)10(2)15(13(18)14-9)4-5-20-7-6-19-3/h4-8H2,1-3H3,(H,16,17). The molecule has 0 aliphatic heterocycles. The van der Waals surface area contributed by atoms with Crippen molar-refractivity contribution in [1.82, 2.24) is 9.55 Å². The SMILES string of the molecule is COCCOCCn1c(C)c(CC(=O)O)c(C)nc1=O. The zero-order valence-corrected chi connectivity index (χ0v) is 12.0. The van der Waals surface area contributed by atoms with Crippen LogP contribution in [0.4, 0.5) is 0 Å². The molecule has 0 fully saturated rings. The van der Waals surface area contributed by atoms with Gasteiger partial charge in [-0.25, -0.2) is 4.79 Å². The lowest BCUT2D eigenvalue weighted by Gasteiger charge is -2.14. The molecule has 0 unspecified atom stereocenters. The quantitative estimate of drug-likeness (QED) is 0.683. The predicted molar refractivity (Wildman–Crippen MR) is 72.0 cm³/mol. The Hall–Kier alpha value is -1.73. The van der Waals surface area contributed by atoms with Gasteiger partial charge in [0.2, 0.25) is 0 Å². The first-order valence-corrected chi connectivity index (χ1v) is 6.32. The number of carbonyl (C=O) groups is 1. The van der Waals surface area contributed by atoms with E-state index in [0.717, 1.165) is 0 Å². The number of methoxy groups -OCH3 is 1. The molecule has 0 aromatic carbocycles. The maximum Gasteiger partial charge on any atom is 0.348 e. The summed E-state index contributed by atoms with van der Waals surface area (Å²) < 4.78 is 11.6. The average Bonchev–Trinajstić information content (AvgIpc) is 2.37. The fourth-order valence-electron chi connectivity index (χ4n) is 1.91. The monoisotopic (exact) mass is 284 g/mol. The van der Waals surface area contributed by atoms with E-state index in [9.17, 15) is 9.59 Å². The average molecular weight is 284 g/mol. The Balaban J connectivity index is 2.84. The fourth-order valence-corrected chi connectivity index (χ4v) is 1.91. The molecule has 0 saturated carbocycles. The Bertz CT molecular complexity index is 524. The Morgan fingerprint density at radius 3 is 2.60 bits per heavy atom. The first-order chi connectivity index (χ1) is 9.47. The van der Waals surface area contributed by atoms with Crippen molar-refractivity contribution in [3.63, 3.8) is 0 Å². The molecule has 112 valence electrons. The highest BCUT2D eigenvalue weighted by molar-refractivity contribution is 5.70. The lowest BCUT2D eigenvalue weighted by atomic mass is 10.1. The Kier molecular flexibility index (Phi) is 6.33. The summed E-state index contributed by atoms with van der Waals surface area (Å²) in [6.07, 6.45) is -0.143. The first kappa shape index (κ1) is 16.3. The number of hydrogen-bond donors (Lipinski definition) is 1. The Morgan fingerprint density at radius 2 is 2.00 bits per heavy atom. The predicted octanol–water partition coefficient (Wildman–Crippen LogP) is 0.150. The molecule has 0 amide bonds. The van der Waals surface area contributed by atoms with E-state index in [4.69, 9.17) is 14.6 Å². The molecule has 7 nitrogen and oxygen atoms in total. The van der Waals surface area contributed by atoms with Gasteiger partial charge < -0.3 is 14.6 Å². The highest BCUT2D eigenvalue weighted by atomic mass is 16.5. The molecule has 1 N–H and O–H groups in total. The number of aryl methyl sites for hydroxylation is 1. The molecule has 0 aliphatic rings. The summed E-state index contributed by atoms with van der Waals surface area (Å²) >= 11 is 0. The van der Waals surface area contributed by atoms with Crippen LogP contribution in [0.25, 0.3) is 0 Å². The van der Waals surface area contributed by atoms with E-state index in [1.807, 2.05) is 0 Å². The van der Waals surface area contributed by atoms with Crippen LogP contribution in [0.1, 0.15) is 17.0 Å². The molecule has 0 bridgehead atoms. The van der Waals surface area contributed by atoms with E-state index in [2.05, 4.69) is 4.98 Å². The molecule has 0 radical (unpaired) electrons. The van der Waals surface area contributed by atoms with Crippen molar-refractivity contribution in [1.29, 1.82) is 0 Å². The molecule has 0 aliphatic carbocycles. The number of aromatic nitrogens is 2. The second-order valence-electron chi connectivity index (χ2n) is 4.37. The van der Waals surface area contributed by atoms with Crippen molar-refractivity contribution in [3.8, 4) is 0 Å². The summed E-state index contributed by atoms with van der Waals surface area (Å²) in [6.45, 7) is 5.00. The molecular formula is C13H20N2O5. The molecule has 1 rings (SSSR count). The largest absolute Gasteiger partial charge is 0.481 e. The summed E-state index contributed by atoms with van der Waals surface area (Å²) in [6, 6.07) is 0. The molecule has 0 atom stereocenters. The maximum atomic E-state index is 11.8. The summed E-state index contributed by atoms with van der Waals surface area (Å²) in [5, 5.41) is 8.90. The smallest absolute Gasteiger partial charge is 0.348 e. The second kappa shape index (κ2) is 7.76. The van der Waals surface area contributed by atoms with E-state index in [1.54, 1.807) is 21.0 Å². The molecular weight excluding hydrogens is 264 g/mol. The number of hydrogen-bond acceptors (Lipinski definition) is 5. The van der Waals surface area contributed by atoms with E-state index in [0.29, 0.717) is 43.3 Å². The van der Waals surface area contributed by atoms with Gasteiger partial charge in [0, 0.05) is 24.1 Å². The summed E-state index contributed by atoms with van der Waals surface area (Å²) in [4.78, 5) is 26.6. The second-order valence-corrected chi connectivity index (χ2v) is 4.37. The number of carboxylic acid groups (broad SMARTS) is 1. The summed E-state index contributed by atoms with van der Waals surface area (Å²) in [7, 11) is 1.58. The van der Waals surface area contributed by atoms with Gasteiger partial charge in [0.1, 0.15) is 0 Å². The van der Waals surface area contributed by atoms with Gasteiger partial charge in [-0.05, 0) is 13.8 Å². The van der Waals surface area contributed by atoms with Gasteiger partial charge in [-0.3, -0.25) is 9.36 Å². The lowest BCUT2D eigenvalue weighted by molar-refractivity contribution is -0.136. The van der Waals surface area contributed by atoms with E-state index >= 15 is 0 Å². The van der Waals surface area contributed by atoms with E-state index in [1.165, 1.54) is 4.57 Å². The molecule has 20 heavy (non-hydrogen) atoms. The van der Waals surface area contributed by atoms with Gasteiger partial charge in [0.05, 0.1) is 32.8 Å². The number of carboxylic acids is 1.